The normalized spacial score (nSPS) is 25.9. The summed E-state index contributed by atoms with van der Waals surface area (Å²) >= 11 is 0. The van der Waals surface area contributed by atoms with Crippen molar-refractivity contribution in [1.29, 1.82) is 0 Å². The average molecular weight is 240 g/mol. The SMILES string of the molecule is CC(C)C1CN(CC(C)C(C)(C)C)CCCN1. The first-order chi connectivity index (χ1) is 7.80. The topological polar surface area (TPSA) is 15.3 Å². The number of nitrogens with zero attached hydrogens (tertiary/aromatic N) is 1. The second-order valence-corrected chi connectivity index (χ2v) is 7.18. The summed E-state index contributed by atoms with van der Waals surface area (Å²) in [6.45, 7) is 19.0. The van der Waals surface area contributed by atoms with Crippen LogP contribution in [-0.4, -0.2) is 37.1 Å². The summed E-state index contributed by atoms with van der Waals surface area (Å²) in [4.78, 5) is 2.67. The minimum absolute atomic E-state index is 0.424. The summed E-state index contributed by atoms with van der Waals surface area (Å²) in [5.41, 5.74) is 0.424. The molecule has 1 rings (SSSR count). The van der Waals surface area contributed by atoms with E-state index >= 15 is 0 Å². The van der Waals surface area contributed by atoms with Gasteiger partial charge in [0.25, 0.3) is 0 Å². The highest BCUT2D eigenvalue weighted by Crippen LogP contribution is 2.26. The molecule has 0 saturated carbocycles. The fraction of sp³-hybridized carbons (Fsp3) is 1.00. The van der Waals surface area contributed by atoms with Crippen molar-refractivity contribution in [1.82, 2.24) is 10.2 Å². The summed E-state index contributed by atoms with van der Waals surface area (Å²) in [6, 6.07) is 0.671. The van der Waals surface area contributed by atoms with Crippen molar-refractivity contribution < 1.29 is 0 Å². The van der Waals surface area contributed by atoms with Crippen LogP contribution >= 0.6 is 0 Å². The van der Waals surface area contributed by atoms with Gasteiger partial charge in [0.05, 0.1) is 0 Å². The molecule has 0 aromatic rings. The molecule has 0 radical (unpaired) electrons. The molecular formula is C15H32N2. The van der Waals surface area contributed by atoms with Gasteiger partial charge in [-0.2, -0.15) is 0 Å². The zero-order valence-electron chi connectivity index (χ0n) is 12.7. The number of hydrogen-bond donors (Lipinski definition) is 1. The van der Waals surface area contributed by atoms with Crippen molar-refractivity contribution in [3.63, 3.8) is 0 Å². The van der Waals surface area contributed by atoms with Gasteiger partial charge in [0, 0.05) is 19.1 Å². The van der Waals surface area contributed by atoms with E-state index in [1.165, 1.54) is 32.6 Å². The maximum atomic E-state index is 3.68. The molecular weight excluding hydrogens is 208 g/mol. The first-order valence-electron chi connectivity index (χ1n) is 7.26. The van der Waals surface area contributed by atoms with Crippen LogP contribution in [0.4, 0.5) is 0 Å². The van der Waals surface area contributed by atoms with Gasteiger partial charge in [-0.1, -0.05) is 41.5 Å². The van der Waals surface area contributed by atoms with E-state index in [1.807, 2.05) is 0 Å². The van der Waals surface area contributed by atoms with Gasteiger partial charge in [-0.25, -0.2) is 0 Å². The maximum Gasteiger partial charge on any atom is 0.0217 e. The van der Waals surface area contributed by atoms with E-state index in [9.17, 15) is 0 Å². The molecule has 0 amide bonds. The fourth-order valence-electron chi connectivity index (χ4n) is 2.30. The lowest BCUT2D eigenvalue weighted by molar-refractivity contribution is 0.153. The van der Waals surface area contributed by atoms with E-state index in [4.69, 9.17) is 0 Å². The monoisotopic (exact) mass is 240 g/mol. The van der Waals surface area contributed by atoms with Gasteiger partial charge in [0.15, 0.2) is 0 Å². The van der Waals surface area contributed by atoms with Crippen LogP contribution in [0.5, 0.6) is 0 Å². The molecule has 1 heterocycles. The van der Waals surface area contributed by atoms with Crippen molar-refractivity contribution in [3.05, 3.63) is 0 Å². The Morgan fingerprint density at radius 2 is 1.88 bits per heavy atom. The van der Waals surface area contributed by atoms with Crippen LogP contribution in [0.15, 0.2) is 0 Å². The zero-order valence-corrected chi connectivity index (χ0v) is 12.7. The third-order valence-electron chi connectivity index (χ3n) is 4.33. The van der Waals surface area contributed by atoms with E-state index < -0.39 is 0 Å². The Hall–Kier alpha value is -0.0800. The molecule has 0 aromatic carbocycles. The third kappa shape index (κ3) is 4.97. The van der Waals surface area contributed by atoms with E-state index in [1.54, 1.807) is 0 Å². The van der Waals surface area contributed by atoms with Crippen molar-refractivity contribution in [2.45, 2.75) is 54.0 Å². The smallest absolute Gasteiger partial charge is 0.0217 e. The summed E-state index contributed by atoms with van der Waals surface area (Å²) in [5.74, 6) is 1.49. The number of nitrogens with one attached hydrogen (secondary N) is 1. The molecule has 0 aromatic heterocycles. The quantitative estimate of drug-likeness (QED) is 0.816. The second-order valence-electron chi connectivity index (χ2n) is 7.18. The van der Waals surface area contributed by atoms with Gasteiger partial charge in [0.1, 0.15) is 0 Å². The molecule has 2 nitrogen and oxygen atoms in total. The first kappa shape index (κ1) is 15.0. The van der Waals surface area contributed by atoms with Gasteiger partial charge in [-0.05, 0) is 36.8 Å². The van der Waals surface area contributed by atoms with Gasteiger partial charge in [-0.3, -0.25) is 0 Å². The molecule has 1 N–H and O–H groups in total. The first-order valence-corrected chi connectivity index (χ1v) is 7.26. The fourth-order valence-corrected chi connectivity index (χ4v) is 2.30. The highest BCUT2D eigenvalue weighted by molar-refractivity contribution is 4.81. The van der Waals surface area contributed by atoms with Crippen molar-refractivity contribution in [3.8, 4) is 0 Å². The van der Waals surface area contributed by atoms with Gasteiger partial charge in [0.2, 0.25) is 0 Å². The van der Waals surface area contributed by atoms with E-state index in [0.717, 1.165) is 11.8 Å². The molecule has 1 aliphatic heterocycles. The largest absolute Gasteiger partial charge is 0.312 e. The van der Waals surface area contributed by atoms with Crippen LogP contribution in [-0.2, 0) is 0 Å². The van der Waals surface area contributed by atoms with Crippen molar-refractivity contribution >= 4 is 0 Å². The minimum atomic E-state index is 0.424. The standard InChI is InChI=1S/C15H32N2/c1-12(2)14-11-17(9-7-8-16-14)10-13(3)15(4,5)6/h12-14,16H,7-11H2,1-6H3. The Morgan fingerprint density at radius 1 is 1.24 bits per heavy atom. The van der Waals surface area contributed by atoms with Gasteiger partial charge in [-0.15, -0.1) is 0 Å². The van der Waals surface area contributed by atoms with Gasteiger partial charge >= 0.3 is 0 Å². The Bertz CT molecular complexity index is 217. The summed E-state index contributed by atoms with van der Waals surface area (Å²) in [6.07, 6.45) is 1.29. The molecule has 0 aliphatic carbocycles. The van der Waals surface area contributed by atoms with E-state index in [-0.39, 0.29) is 0 Å². The molecule has 1 fully saturated rings. The lowest BCUT2D eigenvalue weighted by atomic mass is 9.81. The summed E-state index contributed by atoms with van der Waals surface area (Å²) < 4.78 is 0. The molecule has 1 saturated heterocycles. The molecule has 2 atom stereocenters. The molecule has 1 aliphatic rings. The second kappa shape index (κ2) is 6.19. The van der Waals surface area contributed by atoms with Crippen molar-refractivity contribution in [2.24, 2.45) is 17.3 Å². The molecule has 2 heteroatoms. The molecule has 0 spiro atoms. The Kier molecular flexibility index (Phi) is 5.46. The predicted molar refractivity (Wildman–Crippen MR) is 76.3 cm³/mol. The molecule has 17 heavy (non-hydrogen) atoms. The summed E-state index contributed by atoms with van der Waals surface area (Å²) in [5, 5.41) is 3.68. The lowest BCUT2D eigenvalue weighted by Gasteiger charge is -2.34. The average Bonchev–Trinajstić information content (AvgIpc) is 2.41. The Labute approximate surface area is 108 Å². The van der Waals surface area contributed by atoms with Crippen LogP contribution in [0.25, 0.3) is 0 Å². The van der Waals surface area contributed by atoms with Crippen LogP contribution in [0.3, 0.4) is 0 Å². The van der Waals surface area contributed by atoms with Crippen molar-refractivity contribution in [2.75, 3.05) is 26.2 Å². The maximum absolute atomic E-state index is 3.68. The summed E-state index contributed by atoms with van der Waals surface area (Å²) in [7, 11) is 0. The highest BCUT2D eigenvalue weighted by Gasteiger charge is 2.25. The number of rotatable bonds is 3. The zero-order chi connectivity index (χ0) is 13.1. The van der Waals surface area contributed by atoms with Gasteiger partial charge < -0.3 is 10.2 Å². The van der Waals surface area contributed by atoms with Crippen LogP contribution in [0.2, 0.25) is 0 Å². The molecule has 102 valence electrons. The minimum Gasteiger partial charge on any atom is -0.312 e. The highest BCUT2D eigenvalue weighted by atomic mass is 15.2. The van der Waals surface area contributed by atoms with Crippen LogP contribution in [0.1, 0.15) is 48.0 Å². The molecule has 2 unspecified atom stereocenters. The third-order valence-corrected chi connectivity index (χ3v) is 4.33. The Morgan fingerprint density at radius 3 is 2.41 bits per heavy atom. The lowest BCUT2D eigenvalue weighted by Crippen LogP contribution is -2.43. The van der Waals surface area contributed by atoms with E-state index in [0.29, 0.717) is 11.5 Å². The molecule has 0 bridgehead atoms. The Balaban J connectivity index is 2.52. The predicted octanol–water partition coefficient (Wildman–Crippen LogP) is 2.99. The van der Waals surface area contributed by atoms with E-state index in [2.05, 4.69) is 51.8 Å². The van der Waals surface area contributed by atoms with Crippen LogP contribution < -0.4 is 5.32 Å². The number of hydrogen-bond acceptors (Lipinski definition) is 2. The van der Waals surface area contributed by atoms with Crippen LogP contribution in [0, 0.1) is 17.3 Å².